The van der Waals surface area contributed by atoms with E-state index < -0.39 is 0 Å². The molecular formula is C18H30N4. The molecule has 2 fully saturated rings. The topological polar surface area (TPSA) is 41.1 Å². The maximum atomic E-state index is 4.82. The Bertz CT molecular complexity index is 476. The minimum atomic E-state index is 0.353. The summed E-state index contributed by atoms with van der Waals surface area (Å²) in [7, 11) is 0. The molecule has 0 bridgehead atoms. The molecule has 1 saturated heterocycles. The fourth-order valence-electron chi connectivity index (χ4n) is 3.51. The van der Waals surface area contributed by atoms with Crippen molar-refractivity contribution in [3.63, 3.8) is 0 Å². The number of aromatic nitrogens is 2. The van der Waals surface area contributed by atoms with Crippen molar-refractivity contribution in [1.82, 2.24) is 15.3 Å². The lowest BCUT2D eigenvalue weighted by Gasteiger charge is -2.31. The number of hydrogen-bond donors (Lipinski definition) is 1. The Hall–Kier alpha value is -1.16. The van der Waals surface area contributed by atoms with Crippen LogP contribution in [0.25, 0.3) is 0 Å². The van der Waals surface area contributed by atoms with Crippen LogP contribution in [-0.4, -0.2) is 29.1 Å². The largest absolute Gasteiger partial charge is 0.341 e. The summed E-state index contributed by atoms with van der Waals surface area (Å²) in [4.78, 5) is 11.9. The summed E-state index contributed by atoms with van der Waals surface area (Å²) in [5, 5.41) is 3.70. The fraction of sp³-hybridized carbons (Fsp3) is 0.778. The molecule has 22 heavy (non-hydrogen) atoms. The average Bonchev–Trinajstić information content (AvgIpc) is 2.42. The van der Waals surface area contributed by atoms with Gasteiger partial charge in [-0.25, -0.2) is 9.97 Å². The van der Waals surface area contributed by atoms with Gasteiger partial charge in [-0.1, -0.05) is 25.7 Å². The number of aryl methyl sites for hydroxylation is 1. The minimum absolute atomic E-state index is 0.353. The Morgan fingerprint density at radius 3 is 2.36 bits per heavy atom. The SMILES string of the molecule is Cc1nc(N2CCCCCCC2)ncc1C(C)NC1CCC1. The van der Waals surface area contributed by atoms with Crippen LogP contribution in [0.15, 0.2) is 6.20 Å². The lowest BCUT2D eigenvalue weighted by molar-refractivity contribution is 0.312. The van der Waals surface area contributed by atoms with Gasteiger partial charge in [0.2, 0.25) is 5.95 Å². The average molecular weight is 302 g/mol. The van der Waals surface area contributed by atoms with E-state index in [-0.39, 0.29) is 0 Å². The molecule has 2 heterocycles. The lowest BCUT2D eigenvalue weighted by Crippen LogP contribution is -2.37. The molecule has 1 aromatic heterocycles. The molecule has 1 unspecified atom stereocenters. The van der Waals surface area contributed by atoms with Crippen molar-refractivity contribution in [3.8, 4) is 0 Å². The summed E-state index contributed by atoms with van der Waals surface area (Å²) in [6.45, 7) is 6.58. The normalized spacial score (nSPS) is 21.8. The summed E-state index contributed by atoms with van der Waals surface area (Å²) in [6, 6.07) is 1.05. The second-order valence-corrected chi connectivity index (χ2v) is 6.98. The van der Waals surface area contributed by atoms with Crippen molar-refractivity contribution in [2.45, 2.75) is 77.3 Å². The zero-order valence-corrected chi connectivity index (χ0v) is 14.1. The molecule has 1 atom stereocenters. The van der Waals surface area contributed by atoms with Gasteiger partial charge in [-0.05, 0) is 39.5 Å². The predicted molar refractivity (Wildman–Crippen MR) is 91.3 cm³/mol. The Morgan fingerprint density at radius 1 is 1.09 bits per heavy atom. The van der Waals surface area contributed by atoms with Gasteiger partial charge in [-0.3, -0.25) is 0 Å². The highest BCUT2D eigenvalue weighted by atomic mass is 15.2. The van der Waals surface area contributed by atoms with Gasteiger partial charge in [0.25, 0.3) is 0 Å². The fourth-order valence-corrected chi connectivity index (χ4v) is 3.51. The van der Waals surface area contributed by atoms with Crippen molar-refractivity contribution < 1.29 is 0 Å². The molecule has 0 aromatic carbocycles. The molecule has 1 aliphatic carbocycles. The third-order valence-corrected chi connectivity index (χ3v) is 5.20. The van der Waals surface area contributed by atoms with Crippen molar-refractivity contribution >= 4 is 5.95 Å². The smallest absolute Gasteiger partial charge is 0.225 e. The van der Waals surface area contributed by atoms with E-state index >= 15 is 0 Å². The summed E-state index contributed by atoms with van der Waals surface area (Å²) < 4.78 is 0. The highest BCUT2D eigenvalue weighted by molar-refractivity contribution is 5.34. The second kappa shape index (κ2) is 7.40. The van der Waals surface area contributed by atoms with E-state index in [1.165, 1.54) is 56.9 Å². The highest BCUT2D eigenvalue weighted by Crippen LogP contribution is 2.24. The van der Waals surface area contributed by atoms with Gasteiger partial charge in [0.05, 0.1) is 0 Å². The molecule has 3 rings (SSSR count). The van der Waals surface area contributed by atoms with Crippen molar-refractivity contribution in [2.75, 3.05) is 18.0 Å². The maximum Gasteiger partial charge on any atom is 0.225 e. The summed E-state index contributed by atoms with van der Waals surface area (Å²) in [6.07, 6.45) is 12.7. The molecule has 1 aromatic rings. The highest BCUT2D eigenvalue weighted by Gasteiger charge is 2.21. The Balaban J connectivity index is 1.67. The first-order valence-corrected chi connectivity index (χ1v) is 9.08. The van der Waals surface area contributed by atoms with E-state index in [9.17, 15) is 0 Å². The molecular weight excluding hydrogens is 272 g/mol. The number of nitrogens with one attached hydrogen (secondary N) is 1. The van der Waals surface area contributed by atoms with E-state index in [0.29, 0.717) is 12.1 Å². The van der Waals surface area contributed by atoms with Crippen molar-refractivity contribution in [2.24, 2.45) is 0 Å². The molecule has 2 aliphatic rings. The number of nitrogens with zero attached hydrogens (tertiary/aromatic N) is 3. The molecule has 122 valence electrons. The second-order valence-electron chi connectivity index (χ2n) is 6.98. The van der Waals surface area contributed by atoms with Gasteiger partial charge < -0.3 is 10.2 Å². The summed E-state index contributed by atoms with van der Waals surface area (Å²) >= 11 is 0. The molecule has 1 saturated carbocycles. The Morgan fingerprint density at radius 2 is 1.77 bits per heavy atom. The van der Waals surface area contributed by atoms with Crippen LogP contribution in [0.5, 0.6) is 0 Å². The zero-order valence-electron chi connectivity index (χ0n) is 14.1. The number of rotatable bonds is 4. The van der Waals surface area contributed by atoms with Crippen LogP contribution in [0.1, 0.15) is 75.6 Å². The van der Waals surface area contributed by atoms with Crippen LogP contribution < -0.4 is 10.2 Å². The van der Waals surface area contributed by atoms with Crippen molar-refractivity contribution in [1.29, 1.82) is 0 Å². The minimum Gasteiger partial charge on any atom is -0.341 e. The zero-order chi connectivity index (χ0) is 15.4. The third kappa shape index (κ3) is 3.78. The molecule has 0 spiro atoms. The van der Waals surface area contributed by atoms with E-state index in [0.717, 1.165) is 24.7 Å². The first kappa shape index (κ1) is 15.7. The van der Waals surface area contributed by atoms with Gasteiger partial charge in [-0.15, -0.1) is 0 Å². The van der Waals surface area contributed by atoms with Gasteiger partial charge >= 0.3 is 0 Å². The van der Waals surface area contributed by atoms with Crippen LogP contribution in [0.4, 0.5) is 5.95 Å². The summed E-state index contributed by atoms with van der Waals surface area (Å²) in [5.74, 6) is 0.930. The van der Waals surface area contributed by atoms with Crippen LogP contribution >= 0.6 is 0 Å². The van der Waals surface area contributed by atoms with Gasteiger partial charge in [-0.2, -0.15) is 0 Å². The van der Waals surface area contributed by atoms with E-state index in [1.807, 2.05) is 6.20 Å². The molecule has 4 nitrogen and oxygen atoms in total. The van der Waals surface area contributed by atoms with Gasteiger partial charge in [0.15, 0.2) is 0 Å². The first-order valence-electron chi connectivity index (χ1n) is 9.08. The predicted octanol–water partition coefficient (Wildman–Crippen LogP) is 3.76. The lowest BCUT2D eigenvalue weighted by atomic mass is 9.92. The molecule has 1 N–H and O–H groups in total. The quantitative estimate of drug-likeness (QED) is 0.919. The Kier molecular flexibility index (Phi) is 5.29. The van der Waals surface area contributed by atoms with Crippen LogP contribution in [-0.2, 0) is 0 Å². The number of hydrogen-bond acceptors (Lipinski definition) is 4. The van der Waals surface area contributed by atoms with Gasteiger partial charge in [0, 0.05) is 42.6 Å². The first-order chi connectivity index (χ1) is 10.7. The molecule has 4 heteroatoms. The van der Waals surface area contributed by atoms with Crippen molar-refractivity contribution in [3.05, 3.63) is 17.5 Å². The van der Waals surface area contributed by atoms with E-state index in [4.69, 9.17) is 4.98 Å². The Labute approximate surface area is 134 Å². The van der Waals surface area contributed by atoms with E-state index in [1.54, 1.807) is 0 Å². The molecule has 1 aliphatic heterocycles. The van der Waals surface area contributed by atoms with Crippen LogP contribution in [0.2, 0.25) is 0 Å². The third-order valence-electron chi connectivity index (χ3n) is 5.20. The molecule has 0 amide bonds. The van der Waals surface area contributed by atoms with E-state index in [2.05, 4.69) is 29.0 Å². The van der Waals surface area contributed by atoms with Crippen LogP contribution in [0.3, 0.4) is 0 Å². The summed E-state index contributed by atoms with van der Waals surface area (Å²) in [5.41, 5.74) is 2.38. The molecule has 0 radical (unpaired) electrons. The monoisotopic (exact) mass is 302 g/mol. The maximum absolute atomic E-state index is 4.82. The van der Waals surface area contributed by atoms with Gasteiger partial charge in [0.1, 0.15) is 0 Å². The standard InChI is InChI=1S/C18H30N4/c1-14(20-16-9-8-10-16)17-13-19-18(21-15(17)2)22-11-6-4-3-5-7-12-22/h13-14,16,20H,3-12H2,1-2H3. The number of anilines is 1. The van der Waals surface area contributed by atoms with Crippen LogP contribution in [0, 0.1) is 6.92 Å².